The highest BCUT2D eigenvalue weighted by Crippen LogP contribution is 2.18. The Balaban J connectivity index is 2.61. The second-order valence-corrected chi connectivity index (χ2v) is 4.98. The Morgan fingerprint density at radius 3 is 2.60 bits per heavy atom. The molecular formula is C14H19FN2O3. The van der Waals surface area contributed by atoms with Gasteiger partial charge in [0.1, 0.15) is 11.6 Å². The molecule has 6 heteroatoms. The predicted octanol–water partition coefficient (Wildman–Crippen LogP) is 1.17. The van der Waals surface area contributed by atoms with Crippen LogP contribution >= 0.6 is 0 Å². The molecule has 20 heavy (non-hydrogen) atoms. The van der Waals surface area contributed by atoms with Gasteiger partial charge in [-0.15, -0.1) is 0 Å². The van der Waals surface area contributed by atoms with Crippen LogP contribution in [0.4, 0.5) is 4.39 Å². The number of carbonyl (C=O) groups is 2. The quantitative estimate of drug-likeness (QED) is 0.768. The first-order chi connectivity index (χ1) is 9.29. The number of nitrogens with one attached hydrogen (secondary N) is 1. The molecule has 0 radical (unpaired) electrons. The Bertz CT molecular complexity index is 503. The fourth-order valence-electron chi connectivity index (χ4n) is 1.73. The lowest BCUT2D eigenvalue weighted by molar-refractivity contribution is -0.122. The average molecular weight is 282 g/mol. The summed E-state index contributed by atoms with van der Waals surface area (Å²) in [5, 5.41) is 12.2. The lowest BCUT2D eigenvalue weighted by Gasteiger charge is -2.17. The van der Waals surface area contributed by atoms with Crippen LogP contribution in [0.3, 0.4) is 0 Å². The summed E-state index contributed by atoms with van der Waals surface area (Å²) in [6.45, 7) is 3.66. The maximum absolute atomic E-state index is 13.1. The first kappa shape index (κ1) is 16.1. The third kappa shape index (κ3) is 4.97. The molecule has 0 aliphatic carbocycles. The SMILES string of the molecule is CC(C)NC(=O)CN(C)CC(=O)c1cc(F)ccc1O. The van der Waals surface area contributed by atoms with Gasteiger partial charge in [0.05, 0.1) is 18.7 Å². The van der Waals surface area contributed by atoms with E-state index in [0.29, 0.717) is 0 Å². The van der Waals surface area contributed by atoms with Gasteiger partial charge in [-0.25, -0.2) is 4.39 Å². The summed E-state index contributed by atoms with van der Waals surface area (Å²) in [7, 11) is 1.61. The lowest BCUT2D eigenvalue weighted by Crippen LogP contribution is -2.40. The van der Waals surface area contributed by atoms with Crippen molar-refractivity contribution in [3.63, 3.8) is 0 Å². The molecule has 1 aromatic carbocycles. The van der Waals surface area contributed by atoms with Crippen LogP contribution in [0.5, 0.6) is 5.75 Å². The Hall–Kier alpha value is -1.95. The zero-order chi connectivity index (χ0) is 15.3. The number of halogens is 1. The van der Waals surface area contributed by atoms with E-state index in [1.165, 1.54) is 4.90 Å². The van der Waals surface area contributed by atoms with Gasteiger partial charge in [-0.2, -0.15) is 0 Å². The van der Waals surface area contributed by atoms with E-state index in [0.717, 1.165) is 18.2 Å². The number of phenols is 1. The fourth-order valence-corrected chi connectivity index (χ4v) is 1.73. The van der Waals surface area contributed by atoms with Gasteiger partial charge in [-0.3, -0.25) is 14.5 Å². The molecule has 2 N–H and O–H groups in total. The number of hydrogen-bond acceptors (Lipinski definition) is 4. The summed E-state index contributed by atoms with van der Waals surface area (Å²) in [4.78, 5) is 25.0. The van der Waals surface area contributed by atoms with Crippen molar-refractivity contribution in [1.29, 1.82) is 0 Å². The highest BCUT2D eigenvalue weighted by Gasteiger charge is 2.16. The van der Waals surface area contributed by atoms with E-state index < -0.39 is 11.6 Å². The Labute approximate surface area is 117 Å². The molecule has 1 aromatic rings. The van der Waals surface area contributed by atoms with E-state index in [9.17, 15) is 19.1 Å². The van der Waals surface area contributed by atoms with Gasteiger partial charge < -0.3 is 10.4 Å². The summed E-state index contributed by atoms with van der Waals surface area (Å²) in [5.74, 6) is -1.50. The largest absolute Gasteiger partial charge is 0.507 e. The van der Waals surface area contributed by atoms with Gasteiger partial charge in [-0.1, -0.05) is 0 Å². The summed E-state index contributed by atoms with van der Waals surface area (Å²) >= 11 is 0. The zero-order valence-corrected chi connectivity index (χ0v) is 11.8. The first-order valence-electron chi connectivity index (χ1n) is 6.29. The maximum Gasteiger partial charge on any atom is 0.234 e. The molecule has 0 aliphatic rings. The number of likely N-dealkylation sites (N-methyl/N-ethyl adjacent to an activating group) is 1. The molecule has 0 bridgehead atoms. The van der Waals surface area contributed by atoms with E-state index in [4.69, 9.17) is 0 Å². The molecule has 0 aromatic heterocycles. The molecule has 110 valence electrons. The molecule has 0 spiro atoms. The standard InChI is InChI=1S/C14H19FN2O3/c1-9(2)16-14(20)8-17(3)7-13(19)11-6-10(15)4-5-12(11)18/h4-6,9,18H,7-8H2,1-3H3,(H,16,20). The molecule has 1 rings (SSSR count). The predicted molar refractivity (Wildman–Crippen MR) is 73.2 cm³/mol. The van der Waals surface area contributed by atoms with Gasteiger partial charge in [-0.05, 0) is 39.1 Å². The van der Waals surface area contributed by atoms with Crippen molar-refractivity contribution < 1.29 is 19.1 Å². The van der Waals surface area contributed by atoms with Crippen LogP contribution in [0, 0.1) is 5.82 Å². The summed E-state index contributed by atoms with van der Waals surface area (Å²) < 4.78 is 13.1. The molecule has 0 saturated heterocycles. The van der Waals surface area contributed by atoms with Crippen LogP contribution in [0.1, 0.15) is 24.2 Å². The summed E-state index contributed by atoms with van der Waals surface area (Å²) in [6.07, 6.45) is 0. The molecule has 5 nitrogen and oxygen atoms in total. The number of ketones is 1. The van der Waals surface area contributed by atoms with E-state index in [-0.39, 0.29) is 36.4 Å². The fraction of sp³-hybridized carbons (Fsp3) is 0.429. The van der Waals surface area contributed by atoms with Crippen molar-refractivity contribution in [2.45, 2.75) is 19.9 Å². The number of phenolic OH excluding ortho intramolecular Hbond substituents is 1. The second-order valence-electron chi connectivity index (χ2n) is 4.98. The van der Waals surface area contributed by atoms with Crippen molar-refractivity contribution in [3.8, 4) is 5.75 Å². The smallest absolute Gasteiger partial charge is 0.234 e. The van der Waals surface area contributed by atoms with Gasteiger partial charge in [0.2, 0.25) is 5.91 Å². The van der Waals surface area contributed by atoms with Gasteiger partial charge in [0.25, 0.3) is 0 Å². The van der Waals surface area contributed by atoms with E-state index in [1.807, 2.05) is 13.8 Å². The minimum absolute atomic E-state index is 0.0267. The number of rotatable bonds is 6. The number of aromatic hydroxyl groups is 1. The van der Waals surface area contributed by atoms with Crippen molar-refractivity contribution in [2.75, 3.05) is 20.1 Å². The van der Waals surface area contributed by atoms with Gasteiger partial charge >= 0.3 is 0 Å². The summed E-state index contributed by atoms with van der Waals surface area (Å²) in [6, 6.07) is 3.22. The van der Waals surface area contributed by atoms with E-state index in [2.05, 4.69) is 5.32 Å². The molecule has 0 saturated carbocycles. The molecule has 0 heterocycles. The minimum Gasteiger partial charge on any atom is -0.507 e. The molecule has 0 unspecified atom stereocenters. The first-order valence-corrected chi connectivity index (χ1v) is 6.29. The van der Waals surface area contributed by atoms with Crippen LogP contribution in [0.2, 0.25) is 0 Å². The highest BCUT2D eigenvalue weighted by molar-refractivity contribution is 6.00. The molecule has 0 fully saturated rings. The highest BCUT2D eigenvalue weighted by atomic mass is 19.1. The summed E-state index contributed by atoms with van der Waals surface area (Å²) in [5.41, 5.74) is -0.0823. The molecule has 1 amide bonds. The van der Waals surface area contributed by atoms with Gasteiger partial charge in [0.15, 0.2) is 5.78 Å². The monoisotopic (exact) mass is 282 g/mol. The number of benzene rings is 1. The van der Waals surface area contributed by atoms with Crippen LogP contribution in [-0.4, -0.2) is 47.9 Å². The third-order valence-electron chi connectivity index (χ3n) is 2.54. The molecule has 0 atom stereocenters. The minimum atomic E-state index is -0.591. The van der Waals surface area contributed by atoms with E-state index >= 15 is 0 Å². The average Bonchev–Trinajstić information content (AvgIpc) is 2.30. The Kier molecular flexibility index (Phi) is 5.64. The normalized spacial score (nSPS) is 10.9. The maximum atomic E-state index is 13.1. The number of hydrogen-bond donors (Lipinski definition) is 2. The van der Waals surface area contributed by atoms with E-state index in [1.54, 1.807) is 7.05 Å². The Morgan fingerprint density at radius 2 is 2.00 bits per heavy atom. The van der Waals surface area contributed by atoms with Crippen LogP contribution < -0.4 is 5.32 Å². The van der Waals surface area contributed by atoms with Crippen LogP contribution in [-0.2, 0) is 4.79 Å². The van der Waals surface area contributed by atoms with Crippen molar-refractivity contribution in [1.82, 2.24) is 10.2 Å². The molecular weight excluding hydrogens is 263 g/mol. The van der Waals surface area contributed by atoms with Crippen molar-refractivity contribution in [3.05, 3.63) is 29.6 Å². The number of nitrogens with zero attached hydrogens (tertiary/aromatic N) is 1. The zero-order valence-electron chi connectivity index (χ0n) is 11.8. The van der Waals surface area contributed by atoms with Crippen LogP contribution in [0.25, 0.3) is 0 Å². The third-order valence-corrected chi connectivity index (χ3v) is 2.54. The van der Waals surface area contributed by atoms with Crippen molar-refractivity contribution in [2.24, 2.45) is 0 Å². The van der Waals surface area contributed by atoms with Crippen LogP contribution in [0.15, 0.2) is 18.2 Å². The van der Waals surface area contributed by atoms with Crippen molar-refractivity contribution >= 4 is 11.7 Å². The lowest BCUT2D eigenvalue weighted by atomic mass is 10.1. The number of Topliss-reactive ketones (excluding diaryl/α,β-unsaturated/α-hetero) is 1. The van der Waals surface area contributed by atoms with Gasteiger partial charge in [0, 0.05) is 6.04 Å². The number of amides is 1. The number of carbonyl (C=O) groups excluding carboxylic acids is 2. The molecule has 0 aliphatic heterocycles. The topological polar surface area (TPSA) is 69.6 Å². The second kappa shape index (κ2) is 7.00. The Morgan fingerprint density at radius 1 is 1.35 bits per heavy atom.